The van der Waals surface area contributed by atoms with Gasteiger partial charge in [-0.15, -0.1) is 0 Å². The van der Waals surface area contributed by atoms with Gasteiger partial charge in [0.2, 0.25) is 0 Å². The predicted molar refractivity (Wildman–Crippen MR) is 116 cm³/mol. The van der Waals surface area contributed by atoms with Gasteiger partial charge in [0, 0.05) is 29.8 Å². The molecule has 1 aromatic rings. The zero-order chi connectivity index (χ0) is 21.0. The Bertz CT molecular complexity index is 890. The van der Waals surface area contributed by atoms with E-state index in [2.05, 4.69) is 23.2 Å². The maximum Gasteiger partial charge on any atom is 0.258 e. The van der Waals surface area contributed by atoms with Gasteiger partial charge in [0.15, 0.2) is 6.61 Å². The van der Waals surface area contributed by atoms with Crippen molar-refractivity contribution < 1.29 is 19.0 Å². The lowest BCUT2D eigenvalue weighted by molar-refractivity contribution is -0.124. The number of rotatable bonds is 11. The molecule has 3 rings (SSSR count). The van der Waals surface area contributed by atoms with Crippen molar-refractivity contribution in [1.82, 2.24) is 5.32 Å². The van der Waals surface area contributed by atoms with Crippen molar-refractivity contribution in [2.75, 3.05) is 46.1 Å². The maximum absolute atomic E-state index is 12.2. The topological polar surface area (TPSA) is 82.8 Å². The summed E-state index contributed by atoms with van der Waals surface area (Å²) in [5, 5.41) is 2.80. The van der Waals surface area contributed by atoms with Gasteiger partial charge in [-0.05, 0) is 30.5 Å². The number of benzene rings is 1. The summed E-state index contributed by atoms with van der Waals surface area (Å²) >= 11 is 0. The third-order valence-electron chi connectivity index (χ3n) is 4.59. The van der Waals surface area contributed by atoms with Crippen molar-refractivity contribution in [3.63, 3.8) is 0 Å². The van der Waals surface area contributed by atoms with Crippen LogP contribution in [0.4, 0.5) is 0 Å². The predicted octanol–water partition coefficient (Wildman–Crippen LogP) is 2.16. The first-order valence-corrected chi connectivity index (χ1v) is 10.3. The van der Waals surface area contributed by atoms with Crippen LogP contribution in [-0.4, -0.2) is 52.0 Å². The van der Waals surface area contributed by atoms with Crippen LogP contribution in [-0.2, 0) is 19.0 Å². The lowest BCUT2D eigenvalue weighted by Crippen LogP contribution is -2.31. The number of hydrogen-bond donors (Lipinski definition) is 2. The average molecular weight is 408 g/mol. The standard InChI is InChI=1S/C24H28N2O4/c25-11-13-28-15-16-29-14-12-26-24(27)18-30-23-17-21-7-2-1-5-19(21)9-10-20-6-3-4-8-22(20)23/h1-2,4-5,7-8,17H,3,6,11-16,18,25H2,(H,26,27)/b21-17?,23-17+,23-22?. The molecule has 0 aromatic heterocycles. The van der Waals surface area contributed by atoms with E-state index in [1.807, 2.05) is 36.4 Å². The highest BCUT2D eigenvalue weighted by Gasteiger charge is 2.16. The molecule has 0 aliphatic heterocycles. The summed E-state index contributed by atoms with van der Waals surface area (Å²) in [5.41, 5.74) is 9.28. The van der Waals surface area contributed by atoms with Gasteiger partial charge >= 0.3 is 0 Å². The van der Waals surface area contributed by atoms with Crippen LogP contribution in [0.15, 0.2) is 53.3 Å². The van der Waals surface area contributed by atoms with E-state index in [9.17, 15) is 4.79 Å². The lowest BCUT2D eigenvalue weighted by Gasteiger charge is -2.18. The van der Waals surface area contributed by atoms with Gasteiger partial charge in [-0.2, -0.15) is 0 Å². The van der Waals surface area contributed by atoms with Crippen LogP contribution >= 0.6 is 0 Å². The second kappa shape index (κ2) is 12.0. The molecular formula is C24H28N2O4. The average Bonchev–Trinajstić information content (AvgIpc) is 2.76. The molecule has 1 aromatic carbocycles. The fourth-order valence-electron chi connectivity index (χ4n) is 3.10. The van der Waals surface area contributed by atoms with Gasteiger partial charge < -0.3 is 25.3 Å². The largest absolute Gasteiger partial charge is 0.483 e. The number of allylic oxidation sites excluding steroid dienone is 3. The van der Waals surface area contributed by atoms with E-state index in [4.69, 9.17) is 19.9 Å². The Balaban J connectivity index is 1.52. The first kappa shape index (κ1) is 21.8. The molecular weight excluding hydrogens is 380 g/mol. The second-order valence-electron chi connectivity index (χ2n) is 6.83. The minimum Gasteiger partial charge on any atom is -0.483 e. The van der Waals surface area contributed by atoms with E-state index in [1.54, 1.807) is 0 Å². The molecule has 6 nitrogen and oxygen atoms in total. The summed E-state index contributed by atoms with van der Waals surface area (Å²) in [5.74, 6) is 7.02. The highest BCUT2D eigenvalue weighted by molar-refractivity contribution is 5.78. The van der Waals surface area contributed by atoms with Crippen molar-refractivity contribution in [2.45, 2.75) is 12.8 Å². The quantitative estimate of drug-likeness (QED) is 0.433. The van der Waals surface area contributed by atoms with Crippen LogP contribution in [0, 0.1) is 11.8 Å². The van der Waals surface area contributed by atoms with Gasteiger partial charge in [-0.25, -0.2) is 0 Å². The number of ether oxygens (including phenoxy) is 3. The van der Waals surface area contributed by atoms with Crippen molar-refractivity contribution in [1.29, 1.82) is 0 Å². The lowest BCUT2D eigenvalue weighted by atomic mass is 9.93. The van der Waals surface area contributed by atoms with Gasteiger partial charge in [0.1, 0.15) is 5.76 Å². The molecule has 2 aliphatic rings. The zero-order valence-corrected chi connectivity index (χ0v) is 17.1. The van der Waals surface area contributed by atoms with Gasteiger partial charge in [0.25, 0.3) is 5.91 Å². The van der Waals surface area contributed by atoms with Gasteiger partial charge in [-0.1, -0.05) is 42.2 Å². The van der Waals surface area contributed by atoms with Crippen LogP contribution < -0.4 is 11.1 Å². The first-order valence-electron chi connectivity index (χ1n) is 10.3. The van der Waals surface area contributed by atoms with Crippen LogP contribution in [0.3, 0.4) is 0 Å². The molecule has 0 heterocycles. The van der Waals surface area contributed by atoms with Crippen molar-refractivity contribution in [3.05, 3.63) is 64.4 Å². The maximum atomic E-state index is 12.2. The van der Waals surface area contributed by atoms with E-state index in [0.29, 0.717) is 45.3 Å². The van der Waals surface area contributed by atoms with Crippen molar-refractivity contribution in [2.24, 2.45) is 5.73 Å². The molecule has 2 aliphatic carbocycles. The summed E-state index contributed by atoms with van der Waals surface area (Å²) in [6, 6.07) is 7.93. The molecule has 0 atom stereocenters. The Morgan fingerprint density at radius 3 is 2.80 bits per heavy atom. The Hall–Kier alpha value is -2.85. The number of carbonyl (C=O) groups is 1. The number of carbonyl (C=O) groups excluding carboxylic acids is 1. The smallest absolute Gasteiger partial charge is 0.258 e. The first-order chi connectivity index (χ1) is 14.8. The molecule has 0 fully saturated rings. The van der Waals surface area contributed by atoms with Gasteiger partial charge in [-0.3, -0.25) is 4.79 Å². The zero-order valence-electron chi connectivity index (χ0n) is 17.1. The third kappa shape index (κ3) is 6.60. The molecule has 1 amide bonds. The van der Waals surface area contributed by atoms with Gasteiger partial charge in [0.05, 0.1) is 26.4 Å². The molecule has 3 N–H and O–H groups in total. The molecule has 0 radical (unpaired) electrons. The van der Waals surface area contributed by atoms with Crippen LogP contribution in [0.2, 0.25) is 0 Å². The second-order valence-corrected chi connectivity index (χ2v) is 6.83. The molecule has 30 heavy (non-hydrogen) atoms. The molecule has 6 heteroatoms. The van der Waals surface area contributed by atoms with Crippen LogP contribution in [0.25, 0.3) is 6.08 Å². The monoisotopic (exact) mass is 408 g/mol. The Kier molecular flexibility index (Phi) is 8.73. The Morgan fingerprint density at radius 1 is 1.10 bits per heavy atom. The summed E-state index contributed by atoms with van der Waals surface area (Å²) in [6.45, 7) is 2.77. The molecule has 0 saturated carbocycles. The summed E-state index contributed by atoms with van der Waals surface area (Å²) in [6.07, 6.45) is 7.94. The van der Waals surface area contributed by atoms with Crippen LogP contribution in [0.1, 0.15) is 24.0 Å². The summed E-state index contributed by atoms with van der Waals surface area (Å²) in [4.78, 5) is 12.2. The number of hydrogen-bond acceptors (Lipinski definition) is 5. The molecule has 0 unspecified atom stereocenters. The van der Waals surface area contributed by atoms with E-state index < -0.39 is 0 Å². The normalized spacial score (nSPS) is 16.2. The fraction of sp³-hybridized carbons (Fsp3) is 0.375. The fourth-order valence-corrected chi connectivity index (χ4v) is 3.10. The van der Waals surface area contributed by atoms with E-state index in [1.165, 1.54) is 0 Å². The van der Waals surface area contributed by atoms with Crippen LogP contribution in [0.5, 0.6) is 0 Å². The minimum atomic E-state index is -0.192. The minimum absolute atomic E-state index is 0.0638. The molecule has 0 saturated heterocycles. The Labute approximate surface area is 177 Å². The van der Waals surface area contributed by atoms with Crippen molar-refractivity contribution >= 4 is 12.0 Å². The highest BCUT2D eigenvalue weighted by atomic mass is 16.5. The molecule has 158 valence electrons. The van der Waals surface area contributed by atoms with E-state index in [0.717, 1.165) is 35.1 Å². The van der Waals surface area contributed by atoms with E-state index >= 15 is 0 Å². The Morgan fingerprint density at radius 2 is 1.93 bits per heavy atom. The number of fused-ring (bicyclic) bond motifs is 1. The number of amides is 1. The summed E-state index contributed by atoms with van der Waals surface area (Å²) in [7, 11) is 0. The number of nitrogens with one attached hydrogen (secondary N) is 1. The van der Waals surface area contributed by atoms with Crippen molar-refractivity contribution in [3.8, 4) is 11.8 Å². The highest BCUT2D eigenvalue weighted by Crippen LogP contribution is 2.29. The number of nitrogens with two attached hydrogens (primary N) is 1. The SMILES string of the molecule is NCCOCCOCCNC(=O)CO/C1=C/c2ccccc2C#CC2=C1C=CCC2. The molecule has 0 bridgehead atoms. The molecule has 0 spiro atoms. The third-order valence-corrected chi connectivity index (χ3v) is 4.59. The summed E-state index contributed by atoms with van der Waals surface area (Å²) < 4.78 is 16.5. The van der Waals surface area contributed by atoms with E-state index in [-0.39, 0.29) is 12.5 Å².